The summed E-state index contributed by atoms with van der Waals surface area (Å²) in [5.41, 5.74) is 7.68. The number of piperidine rings is 1. The van der Waals surface area contributed by atoms with Crippen molar-refractivity contribution in [2.75, 3.05) is 13.1 Å². The van der Waals surface area contributed by atoms with E-state index in [0.29, 0.717) is 29.9 Å². The molecule has 0 aliphatic carbocycles. The highest BCUT2D eigenvalue weighted by atomic mass is 16.2. The molecule has 1 aromatic carbocycles. The number of benzene rings is 1. The summed E-state index contributed by atoms with van der Waals surface area (Å²) >= 11 is 0. The maximum absolute atomic E-state index is 12.8. The quantitative estimate of drug-likeness (QED) is 0.927. The van der Waals surface area contributed by atoms with Gasteiger partial charge < -0.3 is 10.6 Å². The van der Waals surface area contributed by atoms with Crippen LogP contribution in [0.2, 0.25) is 0 Å². The molecule has 1 aliphatic heterocycles. The molecule has 6 nitrogen and oxygen atoms in total. The lowest BCUT2D eigenvalue weighted by molar-refractivity contribution is -0.123. The third kappa shape index (κ3) is 3.50. The predicted octanol–water partition coefficient (Wildman–Crippen LogP) is 1.96. The number of primary amides is 1. The Bertz CT molecular complexity index is 856. The van der Waals surface area contributed by atoms with Crippen molar-refractivity contribution in [2.45, 2.75) is 12.8 Å². The molecule has 2 aromatic rings. The third-order valence-corrected chi connectivity index (χ3v) is 4.45. The van der Waals surface area contributed by atoms with Gasteiger partial charge >= 0.3 is 0 Å². The normalized spacial score (nSPS) is 16.9. The number of carbonyl (C=O) groups is 2. The molecule has 1 saturated heterocycles. The van der Waals surface area contributed by atoms with Crippen LogP contribution in [-0.4, -0.2) is 34.8 Å². The van der Waals surface area contributed by atoms with Crippen molar-refractivity contribution in [2.24, 2.45) is 11.7 Å². The number of nitrogens with zero attached hydrogens (tertiary/aromatic N) is 3. The number of amides is 2. The molecule has 1 aromatic heterocycles. The molecule has 25 heavy (non-hydrogen) atoms. The van der Waals surface area contributed by atoms with Crippen molar-refractivity contribution in [3.8, 4) is 17.2 Å². The van der Waals surface area contributed by atoms with Crippen molar-refractivity contribution in [1.29, 1.82) is 5.26 Å². The van der Waals surface area contributed by atoms with Gasteiger partial charge in [0.1, 0.15) is 11.8 Å². The molecule has 0 bridgehead atoms. The Morgan fingerprint density at radius 3 is 2.88 bits per heavy atom. The first-order valence-electron chi connectivity index (χ1n) is 8.14. The Morgan fingerprint density at radius 2 is 2.12 bits per heavy atom. The van der Waals surface area contributed by atoms with E-state index in [2.05, 4.69) is 11.1 Å². The fraction of sp³-hybridized carbons (Fsp3) is 0.263. The van der Waals surface area contributed by atoms with Gasteiger partial charge in [-0.2, -0.15) is 5.26 Å². The van der Waals surface area contributed by atoms with E-state index in [0.717, 1.165) is 18.4 Å². The molecule has 126 valence electrons. The number of pyridine rings is 1. The highest BCUT2D eigenvalue weighted by Gasteiger charge is 2.27. The van der Waals surface area contributed by atoms with Crippen LogP contribution < -0.4 is 5.73 Å². The van der Waals surface area contributed by atoms with Crippen LogP contribution in [0.3, 0.4) is 0 Å². The summed E-state index contributed by atoms with van der Waals surface area (Å²) in [4.78, 5) is 29.9. The minimum atomic E-state index is -0.361. The molecule has 3 rings (SSSR count). The Morgan fingerprint density at radius 1 is 1.28 bits per heavy atom. The minimum Gasteiger partial charge on any atom is -0.369 e. The first-order valence-corrected chi connectivity index (χ1v) is 8.14. The smallest absolute Gasteiger partial charge is 0.253 e. The van der Waals surface area contributed by atoms with Crippen LogP contribution in [0.1, 0.15) is 28.9 Å². The second-order valence-corrected chi connectivity index (χ2v) is 6.08. The van der Waals surface area contributed by atoms with Crippen molar-refractivity contribution in [3.63, 3.8) is 0 Å². The lowest BCUT2D eigenvalue weighted by atomic mass is 9.96. The summed E-state index contributed by atoms with van der Waals surface area (Å²) in [5.74, 6) is -0.778. The average Bonchev–Trinajstić information content (AvgIpc) is 2.67. The number of nitrogens with two attached hydrogens (primary N) is 1. The van der Waals surface area contributed by atoms with Crippen molar-refractivity contribution >= 4 is 11.8 Å². The Hall–Kier alpha value is -3.20. The monoisotopic (exact) mass is 334 g/mol. The van der Waals surface area contributed by atoms with Crippen LogP contribution in [0.15, 0.2) is 42.6 Å². The predicted molar refractivity (Wildman–Crippen MR) is 92.2 cm³/mol. The van der Waals surface area contributed by atoms with Crippen LogP contribution in [0.25, 0.3) is 11.1 Å². The van der Waals surface area contributed by atoms with Gasteiger partial charge in [-0.3, -0.25) is 9.59 Å². The zero-order valence-electron chi connectivity index (χ0n) is 13.7. The molecular formula is C19H18N4O2. The van der Waals surface area contributed by atoms with Gasteiger partial charge in [-0.25, -0.2) is 4.98 Å². The maximum atomic E-state index is 12.8. The molecule has 1 atom stereocenters. The Labute approximate surface area is 145 Å². The van der Waals surface area contributed by atoms with E-state index in [1.807, 2.05) is 6.07 Å². The van der Waals surface area contributed by atoms with Crippen LogP contribution in [0.5, 0.6) is 0 Å². The highest BCUT2D eigenvalue weighted by Crippen LogP contribution is 2.24. The number of hydrogen-bond acceptors (Lipinski definition) is 4. The molecule has 0 spiro atoms. The van der Waals surface area contributed by atoms with E-state index >= 15 is 0 Å². The molecule has 1 unspecified atom stereocenters. The number of rotatable bonds is 3. The van der Waals surface area contributed by atoms with E-state index in [-0.39, 0.29) is 17.7 Å². The zero-order chi connectivity index (χ0) is 17.8. The first kappa shape index (κ1) is 16.7. The second-order valence-electron chi connectivity index (χ2n) is 6.08. The average molecular weight is 334 g/mol. The number of hydrogen-bond donors (Lipinski definition) is 1. The largest absolute Gasteiger partial charge is 0.369 e. The van der Waals surface area contributed by atoms with E-state index in [9.17, 15) is 14.9 Å². The molecular weight excluding hydrogens is 316 g/mol. The van der Waals surface area contributed by atoms with E-state index in [1.54, 1.807) is 41.4 Å². The topological polar surface area (TPSA) is 100 Å². The molecule has 1 aliphatic rings. The fourth-order valence-electron chi connectivity index (χ4n) is 3.12. The van der Waals surface area contributed by atoms with Crippen LogP contribution in [0, 0.1) is 17.2 Å². The molecule has 2 heterocycles. The number of nitriles is 1. The van der Waals surface area contributed by atoms with E-state index < -0.39 is 0 Å². The third-order valence-electron chi connectivity index (χ3n) is 4.45. The SMILES string of the molecule is N#Cc1ncccc1-c1cccc(C(=O)N2CCCC(C(N)=O)C2)c1. The molecule has 2 amide bonds. The number of carbonyl (C=O) groups excluding carboxylic acids is 2. The zero-order valence-corrected chi connectivity index (χ0v) is 13.7. The fourth-order valence-corrected chi connectivity index (χ4v) is 3.12. The summed E-state index contributed by atoms with van der Waals surface area (Å²) in [6, 6.07) is 12.8. The number of likely N-dealkylation sites (tertiary alicyclic amines) is 1. The van der Waals surface area contributed by atoms with Gasteiger partial charge in [-0.05, 0) is 42.7 Å². The van der Waals surface area contributed by atoms with Crippen molar-refractivity contribution in [1.82, 2.24) is 9.88 Å². The summed E-state index contributed by atoms with van der Waals surface area (Å²) in [5, 5.41) is 9.21. The second kappa shape index (κ2) is 7.14. The van der Waals surface area contributed by atoms with Gasteiger partial charge in [0.25, 0.3) is 5.91 Å². The summed E-state index contributed by atoms with van der Waals surface area (Å²) in [7, 11) is 0. The van der Waals surface area contributed by atoms with Crippen molar-refractivity contribution < 1.29 is 9.59 Å². The van der Waals surface area contributed by atoms with E-state index in [4.69, 9.17) is 5.73 Å². The lowest BCUT2D eigenvalue weighted by Gasteiger charge is -2.31. The summed E-state index contributed by atoms with van der Waals surface area (Å²) in [6.07, 6.45) is 3.05. The van der Waals surface area contributed by atoms with Gasteiger partial charge in [0, 0.05) is 30.4 Å². The molecule has 0 radical (unpaired) electrons. The van der Waals surface area contributed by atoms with Gasteiger partial charge in [0.2, 0.25) is 5.91 Å². The number of aromatic nitrogens is 1. The molecule has 0 saturated carbocycles. The highest BCUT2D eigenvalue weighted by molar-refractivity contribution is 5.96. The summed E-state index contributed by atoms with van der Waals surface area (Å²) < 4.78 is 0. The van der Waals surface area contributed by atoms with Crippen molar-refractivity contribution in [3.05, 3.63) is 53.9 Å². The Balaban J connectivity index is 1.88. The molecule has 1 fully saturated rings. The Kier molecular flexibility index (Phi) is 4.75. The van der Waals surface area contributed by atoms with Crippen LogP contribution in [0.4, 0.5) is 0 Å². The van der Waals surface area contributed by atoms with Gasteiger partial charge in [-0.1, -0.05) is 12.1 Å². The minimum absolute atomic E-state index is 0.129. The van der Waals surface area contributed by atoms with Gasteiger partial charge in [0.15, 0.2) is 0 Å². The molecule has 6 heteroatoms. The lowest BCUT2D eigenvalue weighted by Crippen LogP contribution is -2.44. The summed E-state index contributed by atoms with van der Waals surface area (Å²) in [6.45, 7) is 0.970. The standard InChI is InChI=1S/C19H18N4O2/c20-11-17-16(7-2-8-22-17)13-4-1-5-14(10-13)19(25)23-9-3-6-15(12-23)18(21)24/h1-2,4-5,7-8,10,15H,3,6,9,12H2,(H2,21,24). The van der Waals surface area contributed by atoms with Crippen LogP contribution >= 0.6 is 0 Å². The van der Waals surface area contributed by atoms with Gasteiger partial charge in [-0.15, -0.1) is 0 Å². The first-order chi connectivity index (χ1) is 12.1. The molecule has 2 N–H and O–H groups in total. The van der Waals surface area contributed by atoms with Gasteiger partial charge in [0.05, 0.1) is 5.92 Å². The van der Waals surface area contributed by atoms with Crippen LogP contribution in [-0.2, 0) is 4.79 Å². The maximum Gasteiger partial charge on any atom is 0.253 e. The van der Waals surface area contributed by atoms with E-state index in [1.165, 1.54) is 0 Å².